The molecule has 1 unspecified atom stereocenters. The molecule has 0 amide bonds. The zero-order valence-electron chi connectivity index (χ0n) is 6.34. The second kappa shape index (κ2) is 11.8. The van der Waals surface area contributed by atoms with E-state index in [2.05, 4.69) is 12.6 Å². The molecule has 0 fully saturated rings. The summed E-state index contributed by atoms with van der Waals surface area (Å²) in [4.78, 5) is 9.76. The summed E-state index contributed by atoms with van der Waals surface area (Å²) in [5.41, 5.74) is 4.94. The van der Waals surface area contributed by atoms with Crippen molar-refractivity contribution < 1.29 is 52.8 Å². The van der Waals surface area contributed by atoms with E-state index in [0.717, 1.165) is 0 Å². The van der Waals surface area contributed by atoms with E-state index in [1.807, 2.05) is 0 Å². The van der Waals surface area contributed by atoms with Crippen LogP contribution in [0.1, 0.15) is 0 Å². The molecule has 0 rings (SSSR count). The second-order valence-electron chi connectivity index (χ2n) is 1.34. The Labute approximate surface area is 99.7 Å². The van der Waals surface area contributed by atoms with Gasteiger partial charge in [0, 0.05) is 5.75 Å². The zero-order valence-corrected chi connectivity index (χ0v) is 10.0. The van der Waals surface area contributed by atoms with Crippen molar-refractivity contribution in [3.63, 3.8) is 0 Å². The average molecular weight is 225 g/mol. The van der Waals surface area contributed by atoms with E-state index < -0.39 is 23.4 Å². The van der Waals surface area contributed by atoms with Crippen LogP contribution in [0.4, 0.5) is 0 Å². The van der Waals surface area contributed by atoms with Gasteiger partial charge in [0.05, 0.1) is 11.4 Å². The van der Waals surface area contributed by atoms with Crippen LogP contribution in [0, 0.1) is 0 Å². The van der Waals surface area contributed by atoms with Crippen molar-refractivity contribution in [3.05, 3.63) is 0 Å². The summed E-state index contributed by atoms with van der Waals surface area (Å²) in [7, 11) is 0. The van der Waals surface area contributed by atoms with Crippen LogP contribution >= 0.6 is 12.6 Å². The number of carboxylic acid groups (broad SMARTS) is 1. The number of carboxylic acids is 1. The first kappa shape index (κ1) is 18.6. The SMILES string of the molecule is N[C@@H](CS)C(=O)O.O=S([O-])O.[Na+]. The number of aliphatic carboxylic acids is 1. The van der Waals surface area contributed by atoms with E-state index in [4.69, 9.17) is 24.2 Å². The van der Waals surface area contributed by atoms with Gasteiger partial charge in [-0.25, -0.2) is 4.21 Å². The molecule has 0 aromatic heterocycles. The molecule has 0 saturated carbocycles. The minimum absolute atomic E-state index is 0. The van der Waals surface area contributed by atoms with Gasteiger partial charge in [0.15, 0.2) is 0 Å². The van der Waals surface area contributed by atoms with Crippen LogP contribution in [-0.2, 0) is 16.2 Å². The summed E-state index contributed by atoms with van der Waals surface area (Å²) in [5, 5.41) is 8.01. The van der Waals surface area contributed by atoms with Gasteiger partial charge in [-0.2, -0.15) is 12.6 Å². The number of hydrogen-bond donors (Lipinski definition) is 4. The largest absolute Gasteiger partial charge is 1.00 e. The maximum Gasteiger partial charge on any atom is 1.00 e. The summed E-state index contributed by atoms with van der Waals surface area (Å²) in [6, 6.07) is -0.816. The third-order valence-corrected chi connectivity index (χ3v) is 0.907. The molecular formula is C3H8NNaO5S2. The molecule has 0 aliphatic heterocycles. The number of hydrogen-bond acceptors (Lipinski definition) is 5. The van der Waals surface area contributed by atoms with Crippen molar-refractivity contribution >= 4 is 30.0 Å². The van der Waals surface area contributed by atoms with Crippen LogP contribution < -0.4 is 35.3 Å². The third kappa shape index (κ3) is 22.4. The molecule has 0 spiro atoms. The van der Waals surface area contributed by atoms with E-state index >= 15 is 0 Å². The molecule has 68 valence electrons. The van der Waals surface area contributed by atoms with E-state index in [-0.39, 0.29) is 35.3 Å². The summed E-state index contributed by atoms with van der Waals surface area (Å²) < 4.78 is 24.1. The molecule has 0 aliphatic rings. The topological polar surface area (TPSA) is 124 Å². The van der Waals surface area contributed by atoms with Gasteiger partial charge in [-0.15, -0.1) is 0 Å². The van der Waals surface area contributed by atoms with Crippen LogP contribution in [0.2, 0.25) is 0 Å². The van der Waals surface area contributed by atoms with Crippen LogP contribution in [0.15, 0.2) is 0 Å². The van der Waals surface area contributed by atoms with E-state index in [9.17, 15) is 4.79 Å². The van der Waals surface area contributed by atoms with Gasteiger partial charge in [-0.05, 0) is 0 Å². The predicted octanol–water partition coefficient (Wildman–Crippen LogP) is -4.33. The second-order valence-corrected chi connectivity index (χ2v) is 2.14. The monoisotopic (exact) mass is 225 g/mol. The Morgan fingerprint density at radius 1 is 1.75 bits per heavy atom. The zero-order chi connectivity index (χ0) is 9.44. The third-order valence-electron chi connectivity index (χ3n) is 0.514. The fraction of sp³-hybridized carbons (Fsp3) is 0.667. The maximum absolute atomic E-state index is 9.76. The van der Waals surface area contributed by atoms with Crippen LogP contribution in [0.5, 0.6) is 0 Å². The van der Waals surface area contributed by atoms with Crippen molar-refractivity contribution in [1.29, 1.82) is 0 Å². The molecule has 4 N–H and O–H groups in total. The smallest absolute Gasteiger partial charge is 0.750 e. The first-order chi connectivity index (χ1) is 4.91. The predicted molar refractivity (Wildman–Crippen MR) is 41.0 cm³/mol. The molecule has 0 aromatic rings. The molecule has 0 aromatic carbocycles. The number of carbonyl (C=O) groups is 1. The van der Waals surface area contributed by atoms with E-state index in [1.165, 1.54) is 0 Å². The number of thiol groups is 1. The minimum atomic E-state index is -2.86. The fourth-order valence-electron chi connectivity index (χ4n) is 0.0781. The Bertz CT molecular complexity index is 141. The normalized spacial score (nSPS) is 13.0. The van der Waals surface area contributed by atoms with Gasteiger partial charge in [0.25, 0.3) is 0 Å². The van der Waals surface area contributed by atoms with Gasteiger partial charge in [0.2, 0.25) is 0 Å². The molecule has 2 atom stereocenters. The van der Waals surface area contributed by atoms with E-state index in [1.54, 1.807) is 0 Å². The Hall–Kier alpha value is 0.850. The van der Waals surface area contributed by atoms with Crippen molar-refractivity contribution in [2.24, 2.45) is 5.73 Å². The Kier molecular flexibility index (Phi) is 18.4. The molecule has 0 saturated heterocycles. The summed E-state index contributed by atoms with van der Waals surface area (Å²) in [5.74, 6) is -0.815. The molecule has 0 aliphatic carbocycles. The van der Waals surface area contributed by atoms with Crippen molar-refractivity contribution in [2.75, 3.05) is 5.75 Å². The maximum atomic E-state index is 9.76. The van der Waals surface area contributed by atoms with E-state index in [0.29, 0.717) is 0 Å². The van der Waals surface area contributed by atoms with Crippen molar-refractivity contribution in [2.45, 2.75) is 6.04 Å². The number of rotatable bonds is 2. The molecule has 0 bridgehead atoms. The van der Waals surface area contributed by atoms with Gasteiger partial charge in [-0.3, -0.25) is 4.79 Å². The Morgan fingerprint density at radius 3 is 2.00 bits per heavy atom. The number of nitrogens with two attached hydrogens (primary N) is 1. The van der Waals surface area contributed by atoms with Gasteiger partial charge < -0.3 is 19.9 Å². The standard InChI is InChI=1S/C3H7NO2S.Na.H2O3S/c4-2(1-7)3(5)6;;1-4(2)3/h2,7H,1,4H2,(H,5,6);;(H2,1,2,3)/q;+1;/p-1/t2-;;/m0../s1. The van der Waals surface area contributed by atoms with Crippen LogP contribution in [0.25, 0.3) is 0 Å². The van der Waals surface area contributed by atoms with Crippen molar-refractivity contribution in [1.82, 2.24) is 0 Å². The van der Waals surface area contributed by atoms with Crippen molar-refractivity contribution in [3.8, 4) is 0 Å². The van der Waals surface area contributed by atoms with Gasteiger partial charge in [-0.1, -0.05) is 0 Å². The molecule has 9 heteroatoms. The minimum Gasteiger partial charge on any atom is -0.750 e. The summed E-state index contributed by atoms with van der Waals surface area (Å²) >= 11 is 0.788. The summed E-state index contributed by atoms with van der Waals surface area (Å²) in [6.45, 7) is 0. The van der Waals surface area contributed by atoms with Gasteiger partial charge in [0.1, 0.15) is 6.04 Å². The Morgan fingerprint density at radius 2 is 2.00 bits per heavy atom. The molecule has 12 heavy (non-hydrogen) atoms. The van der Waals surface area contributed by atoms with Crippen LogP contribution in [-0.4, -0.2) is 36.2 Å². The molecule has 0 radical (unpaired) electrons. The Balaban J connectivity index is -0.000000142. The first-order valence-corrected chi connectivity index (χ1v) is 3.95. The molecule has 0 heterocycles. The molecular weight excluding hydrogens is 217 g/mol. The van der Waals surface area contributed by atoms with Gasteiger partial charge >= 0.3 is 35.5 Å². The average Bonchev–Trinajstić information content (AvgIpc) is 1.85. The molecule has 6 nitrogen and oxygen atoms in total. The quantitative estimate of drug-likeness (QED) is 0.214. The van der Waals surface area contributed by atoms with Crippen LogP contribution in [0.3, 0.4) is 0 Å². The first-order valence-electron chi connectivity index (χ1n) is 2.29. The summed E-state index contributed by atoms with van der Waals surface area (Å²) in [6.07, 6.45) is 0. The fourth-order valence-corrected chi connectivity index (χ4v) is 0.234.